The van der Waals surface area contributed by atoms with Gasteiger partial charge in [-0.3, -0.25) is 0 Å². The van der Waals surface area contributed by atoms with Gasteiger partial charge < -0.3 is 14.2 Å². The fourth-order valence-corrected chi connectivity index (χ4v) is 2.55. The van der Waals surface area contributed by atoms with E-state index >= 15 is 0 Å². The van der Waals surface area contributed by atoms with Gasteiger partial charge in [-0.25, -0.2) is 9.79 Å². The van der Waals surface area contributed by atoms with Crippen molar-refractivity contribution in [1.29, 1.82) is 0 Å². The summed E-state index contributed by atoms with van der Waals surface area (Å²) in [4.78, 5) is 16.5. The van der Waals surface area contributed by atoms with Gasteiger partial charge in [-0.1, -0.05) is 17.7 Å². The Morgan fingerprint density at radius 3 is 2.46 bits per heavy atom. The van der Waals surface area contributed by atoms with E-state index in [0.717, 1.165) is 22.4 Å². The lowest BCUT2D eigenvalue weighted by Crippen LogP contribution is -2.05. The molecule has 0 amide bonds. The van der Waals surface area contributed by atoms with Gasteiger partial charge in [-0.15, -0.1) is 0 Å². The van der Waals surface area contributed by atoms with Gasteiger partial charge in [0, 0.05) is 17.2 Å². The summed E-state index contributed by atoms with van der Waals surface area (Å²) in [6.07, 6.45) is 1.67. The van der Waals surface area contributed by atoms with Crippen LogP contribution in [0.1, 0.15) is 30.5 Å². The number of aliphatic imine (C=N–C) groups is 1. The Morgan fingerprint density at radius 1 is 1.04 bits per heavy atom. The number of carbonyl (C=O) groups excluding carboxylic acids is 1. The molecule has 0 saturated carbocycles. The SMILES string of the molecule is CCOc1ccc(/C=C2/N=C(c3ccc(C)cc3)OC2=O)c(OCC)c1. The molecule has 134 valence electrons. The van der Waals surface area contributed by atoms with Gasteiger partial charge in [0.2, 0.25) is 5.90 Å². The molecule has 2 aromatic rings. The van der Waals surface area contributed by atoms with E-state index in [4.69, 9.17) is 14.2 Å². The number of hydrogen-bond donors (Lipinski definition) is 0. The maximum absolute atomic E-state index is 12.2. The minimum atomic E-state index is -0.475. The minimum Gasteiger partial charge on any atom is -0.494 e. The second-order valence-electron chi connectivity index (χ2n) is 5.77. The molecule has 26 heavy (non-hydrogen) atoms. The molecule has 0 unspecified atom stereocenters. The number of benzene rings is 2. The van der Waals surface area contributed by atoms with Crippen molar-refractivity contribution in [2.24, 2.45) is 4.99 Å². The van der Waals surface area contributed by atoms with E-state index in [1.54, 1.807) is 6.08 Å². The van der Waals surface area contributed by atoms with Gasteiger partial charge in [-0.2, -0.15) is 0 Å². The molecule has 0 atom stereocenters. The van der Waals surface area contributed by atoms with Crippen LogP contribution in [0, 0.1) is 6.92 Å². The molecule has 0 aromatic heterocycles. The number of nitrogens with zero attached hydrogens (tertiary/aromatic N) is 1. The Kier molecular flexibility index (Phi) is 5.37. The summed E-state index contributed by atoms with van der Waals surface area (Å²) in [6, 6.07) is 13.2. The number of esters is 1. The normalized spacial score (nSPS) is 15.0. The van der Waals surface area contributed by atoms with Crippen molar-refractivity contribution in [3.8, 4) is 11.5 Å². The van der Waals surface area contributed by atoms with Crippen LogP contribution >= 0.6 is 0 Å². The molecule has 1 heterocycles. The maximum atomic E-state index is 12.2. The van der Waals surface area contributed by atoms with Crippen molar-refractivity contribution in [1.82, 2.24) is 0 Å². The van der Waals surface area contributed by atoms with Crippen molar-refractivity contribution < 1.29 is 19.0 Å². The molecule has 0 saturated heterocycles. The van der Waals surface area contributed by atoms with Gasteiger partial charge in [0.15, 0.2) is 5.70 Å². The molecule has 1 aliphatic rings. The van der Waals surface area contributed by atoms with Crippen molar-refractivity contribution in [3.63, 3.8) is 0 Å². The second kappa shape index (κ2) is 7.87. The third kappa shape index (κ3) is 3.94. The Hall–Kier alpha value is -3.08. The highest BCUT2D eigenvalue weighted by atomic mass is 16.6. The summed E-state index contributed by atoms with van der Waals surface area (Å²) in [7, 11) is 0. The molecule has 0 bridgehead atoms. The Morgan fingerprint density at radius 2 is 1.77 bits per heavy atom. The zero-order chi connectivity index (χ0) is 18.5. The first-order valence-electron chi connectivity index (χ1n) is 8.60. The van der Waals surface area contributed by atoms with Crippen LogP contribution in [0.25, 0.3) is 6.08 Å². The van der Waals surface area contributed by atoms with Gasteiger partial charge >= 0.3 is 5.97 Å². The summed E-state index contributed by atoms with van der Waals surface area (Å²) in [5.41, 5.74) is 2.89. The summed E-state index contributed by atoms with van der Waals surface area (Å²) in [6.45, 7) is 6.91. The smallest absolute Gasteiger partial charge is 0.363 e. The number of cyclic esters (lactones) is 1. The molecule has 0 spiro atoms. The van der Waals surface area contributed by atoms with E-state index < -0.39 is 5.97 Å². The van der Waals surface area contributed by atoms with Crippen LogP contribution < -0.4 is 9.47 Å². The van der Waals surface area contributed by atoms with Crippen molar-refractivity contribution in [3.05, 3.63) is 64.9 Å². The van der Waals surface area contributed by atoms with E-state index in [1.165, 1.54) is 0 Å². The van der Waals surface area contributed by atoms with E-state index in [-0.39, 0.29) is 5.70 Å². The van der Waals surface area contributed by atoms with Crippen LogP contribution in [-0.4, -0.2) is 25.1 Å². The first kappa shape index (κ1) is 17.7. The summed E-state index contributed by atoms with van der Waals surface area (Å²) < 4.78 is 16.5. The van der Waals surface area contributed by atoms with Crippen molar-refractivity contribution in [2.75, 3.05) is 13.2 Å². The van der Waals surface area contributed by atoms with Crippen LogP contribution in [0.5, 0.6) is 11.5 Å². The number of rotatable bonds is 6. The lowest BCUT2D eigenvalue weighted by Gasteiger charge is -2.10. The molecular formula is C21H21NO4. The third-order valence-electron chi connectivity index (χ3n) is 3.81. The molecule has 0 fully saturated rings. The van der Waals surface area contributed by atoms with Crippen LogP contribution in [0.3, 0.4) is 0 Å². The Bertz CT molecular complexity index is 866. The van der Waals surface area contributed by atoms with Crippen LogP contribution in [0.2, 0.25) is 0 Å². The average Bonchev–Trinajstić information content (AvgIpc) is 2.99. The molecule has 2 aromatic carbocycles. The summed E-state index contributed by atoms with van der Waals surface area (Å²) >= 11 is 0. The van der Waals surface area contributed by atoms with Crippen molar-refractivity contribution in [2.45, 2.75) is 20.8 Å². The molecule has 0 radical (unpaired) electrons. The first-order valence-corrected chi connectivity index (χ1v) is 8.60. The molecule has 5 nitrogen and oxygen atoms in total. The number of carbonyl (C=O) groups is 1. The van der Waals surface area contributed by atoms with Gasteiger partial charge in [-0.05, 0) is 51.1 Å². The Balaban J connectivity index is 1.93. The van der Waals surface area contributed by atoms with Crippen molar-refractivity contribution >= 4 is 17.9 Å². The zero-order valence-electron chi connectivity index (χ0n) is 15.1. The molecular weight excluding hydrogens is 330 g/mol. The number of aryl methyl sites for hydroxylation is 1. The predicted octanol–water partition coefficient (Wildman–Crippen LogP) is 4.14. The Labute approximate surface area is 152 Å². The molecule has 5 heteroatoms. The lowest BCUT2D eigenvalue weighted by molar-refractivity contribution is -0.129. The summed E-state index contributed by atoms with van der Waals surface area (Å²) in [5, 5.41) is 0. The van der Waals surface area contributed by atoms with Crippen LogP contribution in [0.4, 0.5) is 0 Å². The van der Waals surface area contributed by atoms with E-state index in [2.05, 4.69) is 4.99 Å². The summed E-state index contributed by atoms with van der Waals surface area (Å²) in [5.74, 6) is 1.19. The zero-order valence-corrected chi connectivity index (χ0v) is 15.1. The van der Waals surface area contributed by atoms with Gasteiger partial charge in [0.05, 0.1) is 13.2 Å². The van der Waals surface area contributed by atoms with Crippen LogP contribution in [0.15, 0.2) is 53.2 Å². The molecule has 1 aliphatic heterocycles. The lowest BCUT2D eigenvalue weighted by atomic mass is 10.1. The van der Waals surface area contributed by atoms with E-state index in [1.807, 2.05) is 63.2 Å². The minimum absolute atomic E-state index is 0.241. The maximum Gasteiger partial charge on any atom is 0.363 e. The average molecular weight is 351 g/mol. The largest absolute Gasteiger partial charge is 0.494 e. The monoisotopic (exact) mass is 351 g/mol. The van der Waals surface area contributed by atoms with Gasteiger partial charge in [0.1, 0.15) is 11.5 Å². The molecule has 3 rings (SSSR count). The predicted molar refractivity (Wildman–Crippen MR) is 101 cm³/mol. The molecule has 0 aliphatic carbocycles. The second-order valence-corrected chi connectivity index (χ2v) is 5.77. The third-order valence-corrected chi connectivity index (χ3v) is 3.81. The quantitative estimate of drug-likeness (QED) is 0.580. The topological polar surface area (TPSA) is 57.1 Å². The number of hydrogen-bond acceptors (Lipinski definition) is 5. The molecule has 0 N–H and O–H groups in total. The standard InChI is InChI=1S/C21H21NO4/c1-4-24-17-11-10-16(19(13-17)25-5-2)12-18-21(23)26-20(22-18)15-8-6-14(3)7-9-15/h6-13H,4-5H2,1-3H3/b18-12+. The highest BCUT2D eigenvalue weighted by Crippen LogP contribution is 2.29. The van der Waals surface area contributed by atoms with Crippen LogP contribution in [-0.2, 0) is 9.53 Å². The van der Waals surface area contributed by atoms with E-state index in [9.17, 15) is 4.79 Å². The highest BCUT2D eigenvalue weighted by molar-refractivity contribution is 6.12. The fourth-order valence-electron chi connectivity index (χ4n) is 2.55. The first-order chi connectivity index (χ1) is 12.6. The highest BCUT2D eigenvalue weighted by Gasteiger charge is 2.24. The van der Waals surface area contributed by atoms with Gasteiger partial charge in [0.25, 0.3) is 0 Å². The fraction of sp³-hybridized carbons (Fsp3) is 0.238. The number of ether oxygens (including phenoxy) is 3. The van der Waals surface area contributed by atoms with E-state index in [0.29, 0.717) is 24.9 Å².